The van der Waals surface area contributed by atoms with Crippen LogP contribution in [0.1, 0.15) is 0 Å². The van der Waals surface area contributed by atoms with E-state index in [1.54, 1.807) is 31.4 Å². The molecule has 2 aromatic carbocycles. The van der Waals surface area contributed by atoms with Crippen LogP contribution in [0.25, 0.3) is 21.9 Å². The summed E-state index contributed by atoms with van der Waals surface area (Å²) in [4.78, 5) is 11.0. The molecule has 0 saturated heterocycles. The van der Waals surface area contributed by atoms with Crippen LogP contribution >= 0.6 is 11.6 Å². The molecule has 4 rings (SSSR count). The molecular weight excluding hydrogens is 336 g/mol. The third-order valence-corrected chi connectivity index (χ3v) is 3.60. The van der Waals surface area contributed by atoms with E-state index >= 15 is 0 Å². The van der Waals surface area contributed by atoms with E-state index in [4.69, 9.17) is 30.1 Å². The predicted molar refractivity (Wildman–Crippen MR) is 89.0 cm³/mol. The zero-order valence-electron chi connectivity index (χ0n) is 12.8. The van der Waals surface area contributed by atoms with Gasteiger partial charge in [-0.25, -0.2) is 0 Å². The van der Waals surface area contributed by atoms with Crippen LogP contribution in [0, 0.1) is 0 Å². The number of rotatable bonds is 2. The molecule has 0 aliphatic rings. The molecule has 0 aliphatic carbocycles. The lowest BCUT2D eigenvalue weighted by Crippen LogP contribution is -1.96. The molecular formula is C16H13ClN2O5. The number of halogens is 1. The van der Waals surface area contributed by atoms with E-state index in [1.165, 1.54) is 7.11 Å². The number of aromatic nitrogens is 2. The molecule has 0 spiro atoms. The lowest BCUT2D eigenvalue weighted by Gasteiger charge is -1.96. The first-order valence-corrected chi connectivity index (χ1v) is 7.25. The number of hydrogen-bond acceptors (Lipinski definition) is 6. The Morgan fingerprint density at radius 1 is 1.00 bits per heavy atom. The highest BCUT2D eigenvalue weighted by Gasteiger charge is 2.09. The predicted octanol–water partition coefficient (Wildman–Crippen LogP) is 3.62. The Labute approximate surface area is 140 Å². The number of ether oxygens (including phenoxy) is 2. The van der Waals surface area contributed by atoms with Crippen LogP contribution in [0.15, 0.2) is 50.2 Å². The Morgan fingerprint density at radius 2 is 1.62 bits per heavy atom. The van der Waals surface area contributed by atoms with Crippen molar-refractivity contribution < 1.29 is 18.5 Å². The third kappa shape index (κ3) is 2.81. The topological polar surface area (TPSA) is 90.5 Å². The molecule has 0 aliphatic heterocycles. The Morgan fingerprint density at radius 3 is 2.29 bits per heavy atom. The summed E-state index contributed by atoms with van der Waals surface area (Å²) in [5, 5.41) is 7.50. The number of fused-ring (bicyclic) bond motifs is 2. The van der Waals surface area contributed by atoms with Crippen molar-refractivity contribution in [3.63, 3.8) is 0 Å². The molecule has 24 heavy (non-hydrogen) atoms. The van der Waals surface area contributed by atoms with Gasteiger partial charge in [-0.2, -0.15) is 5.16 Å². The van der Waals surface area contributed by atoms with Gasteiger partial charge >= 0.3 is 0 Å². The van der Waals surface area contributed by atoms with Crippen LogP contribution in [0.2, 0.25) is 5.15 Å². The van der Waals surface area contributed by atoms with Gasteiger partial charge in [0.05, 0.1) is 25.0 Å². The second-order valence-electron chi connectivity index (χ2n) is 4.68. The summed E-state index contributed by atoms with van der Waals surface area (Å²) in [6, 6.07) is 10.6. The van der Waals surface area contributed by atoms with Crippen molar-refractivity contribution in [3.8, 4) is 11.5 Å². The molecule has 4 aromatic rings. The standard InChI is InChI=1S/C8H6ClNO2.C8H7NO3/c1-11-6-4-2-3-5-7(6)12-10-8(5)9;1-11-6-4-2-3-5-7(6)12-9-8(5)10/h2-4H,1H3;2-4H,1H3,(H,9,10). The van der Waals surface area contributed by atoms with Crippen LogP contribution in [-0.2, 0) is 0 Å². The second kappa shape index (κ2) is 6.67. The lowest BCUT2D eigenvalue weighted by atomic mass is 10.2. The number of benzene rings is 2. The largest absolute Gasteiger partial charge is 0.493 e. The molecule has 2 aromatic heterocycles. The molecule has 0 saturated carbocycles. The van der Waals surface area contributed by atoms with Crippen molar-refractivity contribution in [2.24, 2.45) is 0 Å². The molecule has 0 fully saturated rings. The summed E-state index contributed by atoms with van der Waals surface area (Å²) in [5.74, 6) is 1.21. The van der Waals surface area contributed by atoms with E-state index in [-0.39, 0.29) is 5.56 Å². The van der Waals surface area contributed by atoms with E-state index < -0.39 is 0 Å². The summed E-state index contributed by atoms with van der Waals surface area (Å²) in [5.41, 5.74) is 0.818. The van der Waals surface area contributed by atoms with E-state index in [0.29, 0.717) is 33.2 Å². The fraction of sp³-hybridized carbons (Fsp3) is 0.125. The number of nitrogens with one attached hydrogen (secondary N) is 1. The first kappa shape index (κ1) is 15.9. The number of hydrogen-bond donors (Lipinski definition) is 1. The average Bonchev–Trinajstić information content (AvgIpc) is 3.19. The molecule has 1 N–H and O–H groups in total. The number of methoxy groups -OCH3 is 2. The molecule has 8 heteroatoms. The normalized spacial score (nSPS) is 10.5. The molecule has 0 radical (unpaired) electrons. The molecule has 7 nitrogen and oxygen atoms in total. The summed E-state index contributed by atoms with van der Waals surface area (Å²) in [6.07, 6.45) is 0. The van der Waals surface area contributed by atoms with Gasteiger partial charge in [0.2, 0.25) is 11.2 Å². The Balaban J connectivity index is 0.000000141. The molecule has 0 bridgehead atoms. The highest BCUT2D eigenvalue weighted by Crippen LogP contribution is 2.29. The third-order valence-electron chi connectivity index (χ3n) is 3.33. The maximum atomic E-state index is 11.0. The molecule has 124 valence electrons. The van der Waals surface area contributed by atoms with Gasteiger partial charge in [-0.3, -0.25) is 4.79 Å². The fourth-order valence-corrected chi connectivity index (χ4v) is 2.36. The number of nitrogens with zero attached hydrogens (tertiary/aromatic N) is 1. The summed E-state index contributed by atoms with van der Waals surface area (Å²) < 4.78 is 19.9. The van der Waals surface area contributed by atoms with E-state index in [0.717, 1.165) is 5.39 Å². The molecule has 0 unspecified atom stereocenters. The first-order valence-electron chi connectivity index (χ1n) is 6.87. The highest BCUT2D eigenvalue weighted by atomic mass is 35.5. The first-order chi connectivity index (χ1) is 11.7. The minimum absolute atomic E-state index is 0.232. The minimum atomic E-state index is -0.232. The van der Waals surface area contributed by atoms with Gasteiger partial charge in [0.1, 0.15) is 0 Å². The van der Waals surface area contributed by atoms with Crippen LogP contribution in [0.5, 0.6) is 11.5 Å². The van der Waals surface area contributed by atoms with Gasteiger partial charge < -0.3 is 18.5 Å². The van der Waals surface area contributed by atoms with Gasteiger partial charge in [0, 0.05) is 0 Å². The van der Waals surface area contributed by atoms with E-state index in [1.807, 2.05) is 12.1 Å². The molecule has 2 heterocycles. The molecule has 0 atom stereocenters. The summed E-state index contributed by atoms with van der Waals surface area (Å²) >= 11 is 5.74. The van der Waals surface area contributed by atoms with Crippen molar-refractivity contribution in [2.45, 2.75) is 0 Å². The van der Waals surface area contributed by atoms with Crippen LogP contribution in [0.4, 0.5) is 0 Å². The van der Waals surface area contributed by atoms with Gasteiger partial charge in [-0.1, -0.05) is 28.9 Å². The zero-order valence-corrected chi connectivity index (χ0v) is 13.6. The summed E-state index contributed by atoms with van der Waals surface area (Å²) in [7, 11) is 3.10. The Kier molecular flexibility index (Phi) is 4.43. The van der Waals surface area contributed by atoms with Crippen molar-refractivity contribution in [1.82, 2.24) is 10.3 Å². The van der Waals surface area contributed by atoms with Crippen molar-refractivity contribution in [1.29, 1.82) is 0 Å². The Hall–Kier alpha value is -2.93. The maximum Gasteiger partial charge on any atom is 0.287 e. The fourth-order valence-electron chi connectivity index (χ4n) is 2.18. The van der Waals surface area contributed by atoms with Gasteiger partial charge in [0.15, 0.2) is 16.7 Å². The monoisotopic (exact) mass is 348 g/mol. The van der Waals surface area contributed by atoms with Crippen molar-refractivity contribution >= 4 is 33.5 Å². The number of aromatic amines is 1. The minimum Gasteiger partial charge on any atom is -0.493 e. The zero-order chi connectivity index (χ0) is 17.1. The van der Waals surface area contributed by atoms with Crippen LogP contribution in [-0.4, -0.2) is 24.5 Å². The van der Waals surface area contributed by atoms with Gasteiger partial charge in [-0.05, 0) is 24.3 Å². The SMILES string of the molecule is COc1cccc2c(=O)[nH]oc12.COc1cccc2c(Cl)noc12. The van der Waals surface area contributed by atoms with Crippen molar-refractivity contribution in [2.75, 3.05) is 14.2 Å². The van der Waals surface area contributed by atoms with Crippen LogP contribution in [0.3, 0.4) is 0 Å². The van der Waals surface area contributed by atoms with Crippen LogP contribution < -0.4 is 15.0 Å². The van der Waals surface area contributed by atoms with Gasteiger partial charge in [0.25, 0.3) is 5.56 Å². The number of para-hydroxylation sites is 2. The van der Waals surface area contributed by atoms with Gasteiger partial charge in [-0.15, -0.1) is 0 Å². The summed E-state index contributed by atoms with van der Waals surface area (Å²) in [6.45, 7) is 0. The van der Waals surface area contributed by atoms with Crippen molar-refractivity contribution in [3.05, 3.63) is 51.9 Å². The Bertz CT molecular complexity index is 1030. The average molecular weight is 349 g/mol. The maximum absolute atomic E-state index is 11.0. The quantitative estimate of drug-likeness (QED) is 0.595. The smallest absolute Gasteiger partial charge is 0.287 e. The second-order valence-corrected chi connectivity index (χ2v) is 5.04. The molecule has 0 amide bonds. The lowest BCUT2D eigenvalue weighted by molar-refractivity contribution is 0.391. The number of H-pyrrole nitrogens is 1. The van der Waals surface area contributed by atoms with E-state index in [2.05, 4.69) is 10.3 Å². The van der Waals surface area contributed by atoms with E-state index in [9.17, 15) is 4.79 Å². The highest BCUT2D eigenvalue weighted by molar-refractivity contribution is 6.34.